The number of aryl methyl sites for hydroxylation is 1. The van der Waals surface area contributed by atoms with E-state index >= 15 is 0 Å². The van der Waals surface area contributed by atoms with Gasteiger partial charge in [0.25, 0.3) is 0 Å². The van der Waals surface area contributed by atoms with Crippen LogP contribution in [-0.2, 0) is 13.0 Å². The van der Waals surface area contributed by atoms with Crippen molar-refractivity contribution in [2.45, 2.75) is 19.4 Å². The Kier molecular flexibility index (Phi) is 1.34. The fourth-order valence-corrected chi connectivity index (χ4v) is 1.32. The first-order valence-electron chi connectivity index (χ1n) is 3.51. The van der Waals surface area contributed by atoms with Crippen LogP contribution in [0.3, 0.4) is 0 Å². The molecular weight excluding hydrogens is 144 g/mol. The van der Waals surface area contributed by atoms with Gasteiger partial charge < -0.3 is 9.77 Å². The van der Waals surface area contributed by atoms with E-state index in [-0.39, 0.29) is 0 Å². The van der Waals surface area contributed by atoms with Crippen molar-refractivity contribution in [2.75, 3.05) is 0 Å². The largest absolute Gasteiger partial charge is 0.411 e. The Labute approximate surface area is 63.4 Å². The molecule has 11 heavy (non-hydrogen) atoms. The van der Waals surface area contributed by atoms with E-state index in [0.717, 1.165) is 25.2 Å². The van der Waals surface area contributed by atoms with E-state index in [0.29, 0.717) is 5.82 Å². The molecule has 0 saturated carbocycles. The highest BCUT2D eigenvalue weighted by molar-refractivity contribution is 5.74. The lowest BCUT2D eigenvalue weighted by Crippen LogP contribution is -1.99. The second kappa shape index (κ2) is 2.34. The van der Waals surface area contributed by atoms with Crippen LogP contribution in [0.4, 0.5) is 0 Å². The minimum atomic E-state index is 0.639. The molecule has 1 aliphatic rings. The van der Waals surface area contributed by atoms with Crippen LogP contribution in [0, 0.1) is 0 Å². The number of oxime groups is 1. The second-order valence-electron chi connectivity index (χ2n) is 2.47. The molecule has 0 aliphatic carbocycles. The minimum Gasteiger partial charge on any atom is -0.411 e. The van der Waals surface area contributed by atoms with Gasteiger partial charge in [-0.2, -0.15) is 0 Å². The molecule has 0 aromatic carbocycles. The maximum absolute atomic E-state index is 8.26. The van der Waals surface area contributed by atoms with Crippen LogP contribution in [0.1, 0.15) is 18.1 Å². The summed E-state index contributed by atoms with van der Waals surface area (Å²) >= 11 is 0. The van der Waals surface area contributed by atoms with Crippen LogP contribution in [0.2, 0.25) is 0 Å². The topological polar surface area (TPSA) is 63.3 Å². The van der Waals surface area contributed by atoms with E-state index in [1.807, 2.05) is 4.57 Å². The molecule has 0 radical (unpaired) electrons. The van der Waals surface area contributed by atoms with Crippen LogP contribution >= 0.6 is 0 Å². The molecule has 2 heterocycles. The fraction of sp³-hybridized carbons (Fsp3) is 0.500. The van der Waals surface area contributed by atoms with E-state index < -0.39 is 0 Å². The summed E-state index contributed by atoms with van der Waals surface area (Å²) in [5.41, 5.74) is 0. The highest BCUT2D eigenvalue weighted by Gasteiger charge is 2.15. The third kappa shape index (κ3) is 0.886. The molecule has 0 unspecified atom stereocenters. The van der Waals surface area contributed by atoms with Gasteiger partial charge in [0.05, 0.1) is 0 Å². The molecule has 2 rings (SSSR count). The zero-order valence-electron chi connectivity index (χ0n) is 5.93. The van der Waals surface area contributed by atoms with Gasteiger partial charge in [-0.15, -0.1) is 10.2 Å². The lowest BCUT2D eigenvalue weighted by Gasteiger charge is -1.93. The molecule has 1 aromatic heterocycles. The Morgan fingerprint density at radius 2 is 2.45 bits per heavy atom. The van der Waals surface area contributed by atoms with Crippen molar-refractivity contribution in [3.05, 3.63) is 11.6 Å². The average molecular weight is 152 g/mol. The zero-order chi connectivity index (χ0) is 7.68. The molecule has 58 valence electrons. The van der Waals surface area contributed by atoms with Crippen LogP contribution in [0.5, 0.6) is 0 Å². The molecule has 0 spiro atoms. The maximum Gasteiger partial charge on any atom is 0.178 e. The molecule has 1 aromatic rings. The first-order chi connectivity index (χ1) is 5.42. The van der Waals surface area contributed by atoms with Gasteiger partial charge in [-0.3, -0.25) is 0 Å². The molecule has 1 N–H and O–H groups in total. The first-order valence-corrected chi connectivity index (χ1v) is 3.51. The fourth-order valence-electron chi connectivity index (χ4n) is 1.32. The van der Waals surface area contributed by atoms with Gasteiger partial charge in [-0.25, -0.2) is 0 Å². The van der Waals surface area contributed by atoms with Crippen LogP contribution < -0.4 is 0 Å². The van der Waals surface area contributed by atoms with Gasteiger partial charge in [0.1, 0.15) is 12.0 Å². The molecule has 0 atom stereocenters. The molecule has 5 nitrogen and oxygen atoms in total. The lowest BCUT2D eigenvalue weighted by atomic mass is 10.4. The van der Waals surface area contributed by atoms with Crippen LogP contribution in [0.15, 0.2) is 5.16 Å². The van der Waals surface area contributed by atoms with Crippen molar-refractivity contribution in [2.24, 2.45) is 5.16 Å². The Bertz CT molecular complexity index is 291. The Morgan fingerprint density at radius 3 is 3.27 bits per heavy atom. The molecule has 1 aliphatic heterocycles. The summed E-state index contributed by atoms with van der Waals surface area (Å²) in [6.07, 6.45) is 3.39. The smallest absolute Gasteiger partial charge is 0.178 e. The predicted molar refractivity (Wildman–Crippen MR) is 37.7 cm³/mol. The van der Waals surface area contributed by atoms with Gasteiger partial charge in [0, 0.05) is 13.0 Å². The monoisotopic (exact) mass is 152 g/mol. The SMILES string of the molecule is O/N=C/c1nnc2n1CCC2. The molecule has 5 heteroatoms. The number of nitrogens with zero attached hydrogens (tertiary/aromatic N) is 4. The standard InChI is InChI=1S/C6H8N4O/c11-7-4-6-9-8-5-2-1-3-10(5)6/h4,11H,1-3H2/b7-4+. The second-order valence-corrected chi connectivity index (χ2v) is 2.47. The average Bonchev–Trinajstić information content (AvgIpc) is 2.53. The number of rotatable bonds is 1. The quantitative estimate of drug-likeness (QED) is 0.351. The molecule has 0 saturated heterocycles. The minimum absolute atomic E-state index is 0.639. The Balaban J connectivity index is 2.42. The first kappa shape index (κ1) is 6.33. The number of aromatic nitrogens is 3. The zero-order valence-corrected chi connectivity index (χ0v) is 5.93. The van der Waals surface area contributed by atoms with Gasteiger partial charge in [-0.05, 0) is 6.42 Å². The summed E-state index contributed by atoms with van der Waals surface area (Å²) in [6, 6.07) is 0. The molecule has 0 bridgehead atoms. The summed E-state index contributed by atoms with van der Waals surface area (Å²) in [6.45, 7) is 0.934. The third-order valence-corrected chi connectivity index (χ3v) is 1.81. The summed E-state index contributed by atoms with van der Waals surface area (Å²) in [5, 5.41) is 18.9. The van der Waals surface area contributed by atoms with Gasteiger partial charge in [-0.1, -0.05) is 5.16 Å². The van der Waals surface area contributed by atoms with Crippen molar-refractivity contribution >= 4 is 6.21 Å². The number of fused-ring (bicyclic) bond motifs is 1. The van der Waals surface area contributed by atoms with E-state index in [1.54, 1.807) is 0 Å². The van der Waals surface area contributed by atoms with Crippen molar-refractivity contribution in [1.82, 2.24) is 14.8 Å². The van der Waals surface area contributed by atoms with Gasteiger partial charge >= 0.3 is 0 Å². The maximum atomic E-state index is 8.26. The van der Waals surface area contributed by atoms with E-state index in [9.17, 15) is 0 Å². The molecule has 0 amide bonds. The molecular formula is C6H8N4O. The number of hydrogen-bond donors (Lipinski definition) is 1. The van der Waals surface area contributed by atoms with E-state index in [2.05, 4.69) is 15.4 Å². The highest BCUT2D eigenvalue weighted by atomic mass is 16.4. The van der Waals surface area contributed by atoms with E-state index in [4.69, 9.17) is 5.21 Å². The van der Waals surface area contributed by atoms with Gasteiger partial charge in [0.2, 0.25) is 0 Å². The predicted octanol–water partition coefficient (Wildman–Crippen LogP) is 0.0324. The summed E-state index contributed by atoms with van der Waals surface area (Å²) in [4.78, 5) is 0. The van der Waals surface area contributed by atoms with Crippen molar-refractivity contribution in [3.63, 3.8) is 0 Å². The van der Waals surface area contributed by atoms with Crippen LogP contribution in [-0.4, -0.2) is 26.2 Å². The van der Waals surface area contributed by atoms with Gasteiger partial charge in [0.15, 0.2) is 5.82 Å². The normalized spacial score (nSPS) is 16.0. The van der Waals surface area contributed by atoms with Crippen molar-refractivity contribution in [3.8, 4) is 0 Å². The Hall–Kier alpha value is -1.39. The highest BCUT2D eigenvalue weighted by Crippen LogP contribution is 2.12. The molecule has 0 fully saturated rings. The van der Waals surface area contributed by atoms with Crippen molar-refractivity contribution < 1.29 is 5.21 Å². The summed E-state index contributed by atoms with van der Waals surface area (Å²) < 4.78 is 1.96. The Morgan fingerprint density at radius 1 is 1.55 bits per heavy atom. The number of hydrogen-bond acceptors (Lipinski definition) is 4. The van der Waals surface area contributed by atoms with Crippen LogP contribution in [0.25, 0.3) is 0 Å². The summed E-state index contributed by atoms with van der Waals surface area (Å²) in [5.74, 6) is 1.62. The lowest BCUT2D eigenvalue weighted by molar-refractivity contribution is 0.321. The summed E-state index contributed by atoms with van der Waals surface area (Å²) in [7, 11) is 0. The van der Waals surface area contributed by atoms with Crippen molar-refractivity contribution in [1.29, 1.82) is 0 Å². The third-order valence-electron chi connectivity index (χ3n) is 1.81. The van der Waals surface area contributed by atoms with E-state index in [1.165, 1.54) is 6.21 Å².